The number of aliphatic hydroxyl groups is 2. The molecule has 0 spiro atoms. The van der Waals surface area contributed by atoms with E-state index < -0.39 is 24.6 Å². The molecule has 1 aromatic carbocycles. The van der Waals surface area contributed by atoms with Crippen LogP contribution >= 0.6 is 0 Å². The van der Waals surface area contributed by atoms with Crippen molar-refractivity contribution in [1.82, 2.24) is 0 Å². The fraction of sp³-hybridized carbons (Fsp3) is 0.417. The third-order valence-corrected chi connectivity index (χ3v) is 2.47. The number of carboxylic acids is 1. The summed E-state index contributed by atoms with van der Waals surface area (Å²) in [5.41, 5.74) is 6.88. The molecule has 0 aliphatic heterocycles. The molecule has 0 bridgehead atoms. The van der Waals surface area contributed by atoms with Gasteiger partial charge in [0.2, 0.25) is 0 Å². The third kappa shape index (κ3) is 4.14. The molecule has 17 heavy (non-hydrogen) atoms. The van der Waals surface area contributed by atoms with Gasteiger partial charge in [0.15, 0.2) is 0 Å². The summed E-state index contributed by atoms with van der Waals surface area (Å²) in [6, 6.07) is 6.99. The van der Waals surface area contributed by atoms with Crippen LogP contribution in [-0.4, -0.2) is 33.9 Å². The molecule has 0 amide bonds. The van der Waals surface area contributed by atoms with Crippen LogP contribution in [0.5, 0.6) is 0 Å². The quantitative estimate of drug-likeness (QED) is 0.562. The molecule has 0 saturated carbocycles. The molecule has 0 heterocycles. The number of hydrogen-bond donors (Lipinski definition) is 4. The van der Waals surface area contributed by atoms with Crippen LogP contribution in [0.2, 0.25) is 0 Å². The Morgan fingerprint density at radius 1 is 1.35 bits per heavy atom. The van der Waals surface area contributed by atoms with Crippen LogP contribution in [0.1, 0.15) is 23.7 Å². The van der Waals surface area contributed by atoms with E-state index in [4.69, 9.17) is 10.8 Å². The Bertz CT molecular complexity index is 381. The summed E-state index contributed by atoms with van der Waals surface area (Å²) < 4.78 is 0. The van der Waals surface area contributed by atoms with Crippen LogP contribution < -0.4 is 5.73 Å². The number of carbonyl (C=O) groups is 1. The molecule has 0 aliphatic rings. The van der Waals surface area contributed by atoms with Crippen LogP contribution in [0.15, 0.2) is 24.3 Å². The zero-order valence-corrected chi connectivity index (χ0v) is 9.41. The maximum Gasteiger partial charge on any atom is 0.306 e. The van der Waals surface area contributed by atoms with Gasteiger partial charge in [-0.1, -0.05) is 24.3 Å². The maximum absolute atomic E-state index is 10.4. The number of aliphatic carboxylic acids is 1. The van der Waals surface area contributed by atoms with Gasteiger partial charge in [0.05, 0.1) is 12.5 Å². The van der Waals surface area contributed by atoms with Crippen molar-refractivity contribution >= 4 is 5.97 Å². The fourth-order valence-electron chi connectivity index (χ4n) is 1.61. The number of benzene rings is 1. The van der Waals surface area contributed by atoms with Crippen LogP contribution in [0, 0.1) is 0 Å². The lowest BCUT2D eigenvalue weighted by Crippen LogP contribution is -2.21. The van der Waals surface area contributed by atoms with Crippen molar-refractivity contribution < 1.29 is 20.1 Å². The molecule has 0 aromatic heterocycles. The smallest absolute Gasteiger partial charge is 0.306 e. The summed E-state index contributed by atoms with van der Waals surface area (Å²) in [7, 11) is 0. The molecule has 2 unspecified atom stereocenters. The van der Waals surface area contributed by atoms with Gasteiger partial charge in [0, 0.05) is 0 Å². The largest absolute Gasteiger partial charge is 0.481 e. The average Bonchev–Trinajstić information content (AvgIpc) is 2.28. The predicted molar refractivity (Wildman–Crippen MR) is 62.4 cm³/mol. The lowest BCUT2D eigenvalue weighted by Gasteiger charge is -2.17. The van der Waals surface area contributed by atoms with E-state index in [0.29, 0.717) is 18.5 Å². The van der Waals surface area contributed by atoms with Gasteiger partial charge in [0.1, 0.15) is 6.10 Å². The third-order valence-electron chi connectivity index (χ3n) is 2.47. The topological polar surface area (TPSA) is 104 Å². The molecule has 94 valence electrons. The molecule has 0 fully saturated rings. The van der Waals surface area contributed by atoms with Crippen LogP contribution in [0.3, 0.4) is 0 Å². The highest BCUT2D eigenvalue weighted by Crippen LogP contribution is 2.20. The molecule has 5 N–H and O–H groups in total. The van der Waals surface area contributed by atoms with E-state index >= 15 is 0 Å². The molecule has 1 aromatic rings. The predicted octanol–water partition coefficient (Wildman–Crippen LogP) is 0.0568. The minimum absolute atomic E-state index is 0.484. The molecule has 5 heteroatoms. The molecule has 0 saturated heterocycles. The van der Waals surface area contributed by atoms with Gasteiger partial charge >= 0.3 is 5.97 Å². The Hall–Kier alpha value is -1.43. The first-order valence-electron chi connectivity index (χ1n) is 5.41. The number of rotatable bonds is 6. The first kappa shape index (κ1) is 13.6. The van der Waals surface area contributed by atoms with Gasteiger partial charge in [-0.3, -0.25) is 4.79 Å². The van der Waals surface area contributed by atoms with Crippen molar-refractivity contribution in [1.29, 1.82) is 0 Å². The van der Waals surface area contributed by atoms with Gasteiger partial charge < -0.3 is 21.1 Å². The highest BCUT2D eigenvalue weighted by atomic mass is 16.4. The SMILES string of the molecule is NCCc1cccc(C(O)C(O)CC(=O)O)c1. The maximum atomic E-state index is 10.4. The second-order valence-electron chi connectivity index (χ2n) is 3.89. The summed E-state index contributed by atoms with van der Waals surface area (Å²) in [6.45, 7) is 0.497. The Balaban J connectivity index is 2.76. The summed E-state index contributed by atoms with van der Waals surface area (Å²) in [5.74, 6) is -1.14. The zero-order chi connectivity index (χ0) is 12.8. The van der Waals surface area contributed by atoms with Crippen molar-refractivity contribution in [3.63, 3.8) is 0 Å². The van der Waals surface area contributed by atoms with E-state index in [-0.39, 0.29) is 0 Å². The molecular weight excluding hydrogens is 222 g/mol. The lowest BCUT2D eigenvalue weighted by molar-refractivity contribution is -0.141. The Labute approximate surface area is 99.5 Å². The number of aliphatic hydroxyl groups excluding tert-OH is 2. The van der Waals surface area contributed by atoms with Crippen molar-refractivity contribution in [2.24, 2.45) is 5.73 Å². The Morgan fingerprint density at radius 3 is 2.65 bits per heavy atom. The average molecular weight is 239 g/mol. The second-order valence-corrected chi connectivity index (χ2v) is 3.89. The van der Waals surface area contributed by atoms with Crippen LogP contribution in [-0.2, 0) is 11.2 Å². The first-order valence-corrected chi connectivity index (χ1v) is 5.41. The van der Waals surface area contributed by atoms with Gasteiger partial charge in [-0.25, -0.2) is 0 Å². The monoisotopic (exact) mass is 239 g/mol. The molecular formula is C12H17NO4. The zero-order valence-electron chi connectivity index (χ0n) is 9.41. The van der Waals surface area contributed by atoms with E-state index in [9.17, 15) is 15.0 Å². The van der Waals surface area contributed by atoms with Gasteiger partial charge in [-0.05, 0) is 24.1 Å². The van der Waals surface area contributed by atoms with Gasteiger partial charge in [0.25, 0.3) is 0 Å². The van der Waals surface area contributed by atoms with E-state index in [1.807, 2.05) is 6.07 Å². The molecule has 2 atom stereocenters. The van der Waals surface area contributed by atoms with Crippen LogP contribution in [0.4, 0.5) is 0 Å². The number of nitrogens with two attached hydrogens (primary N) is 1. The fourth-order valence-corrected chi connectivity index (χ4v) is 1.61. The highest BCUT2D eigenvalue weighted by Gasteiger charge is 2.21. The van der Waals surface area contributed by atoms with E-state index in [2.05, 4.69) is 0 Å². The van der Waals surface area contributed by atoms with E-state index in [0.717, 1.165) is 5.56 Å². The number of hydrogen-bond acceptors (Lipinski definition) is 4. The van der Waals surface area contributed by atoms with E-state index in [1.54, 1.807) is 18.2 Å². The molecule has 1 rings (SSSR count). The summed E-state index contributed by atoms with van der Waals surface area (Å²) >= 11 is 0. The first-order chi connectivity index (χ1) is 8.04. The standard InChI is InChI=1S/C12H17NO4/c13-5-4-8-2-1-3-9(6-8)12(17)10(14)7-11(15)16/h1-3,6,10,12,14,17H,4-5,7,13H2,(H,15,16). The Morgan fingerprint density at radius 2 is 2.06 bits per heavy atom. The van der Waals surface area contributed by atoms with Gasteiger partial charge in [-0.15, -0.1) is 0 Å². The van der Waals surface area contributed by atoms with Crippen molar-refractivity contribution in [3.05, 3.63) is 35.4 Å². The van der Waals surface area contributed by atoms with Crippen LogP contribution in [0.25, 0.3) is 0 Å². The summed E-state index contributed by atoms with van der Waals surface area (Å²) in [6.07, 6.45) is -2.30. The van der Waals surface area contributed by atoms with Crippen molar-refractivity contribution in [2.45, 2.75) is 25.0 Å². The van der Waals surface area contributed by atoms with Gasteiger partial charge in [-0.2, -0.15) is 0 Å². The summed E-state index contributed by atoms with van der Waals surface area (Å²) in [4.78, 5) is 10.4. The number of carboxylic acid groups (broad SMARTS) is 1. The Kier molecular flexibility index (Phi) is 5.09. The molecule has 5 nitrogen and oxygen atoms in total. The van der Waals surface area contributed by atoms with Crippen molar-refractivity contribution in [3.8, 4) is 0 Å². The minimum Gasteiger partial charge on any atom is -0.481 e. The lowest BCUT2D eigenvalue weighted by atomic mass is 9.99. The highest BCUT2D eigenvalue weighted by molar-refractivity contribution is 5.67. The molecule has 0 aliphatic carbocycles. The molecule has 0 radical (unpaired) electrons. The normalized spacial score (nSPS) is 14.3. The second kappa shape index (κ2) is 6.34. The summed E-state index contributed by atoms with van der Waals surface area (Å²) in [5, 5.41) is 27.8. The van der Waals surface area contributed by atoms with Crippen molar-refractivity contribution in [2.75, 3.05) is 6.54 Å². The minimum atomic E-state index is -1.30. The van der Waals surface area contributed by atoms with E-state index in [1.165, 1.54) is 0 Å².